The second kappa shape index (κ2) is 11.0. The molecule has 2 N–H and O–H groups in total. The number of nitrogens with one attached hydrogen (secondary N) is 2. The van der Waals surface area contributed by atoms with Gasteiger partial charge in [0.1, 0.15) is 0 Å². The summed E-state index contributed by atoms with van der Waals surface area (Å²) < 4.78 is 5.01. The molecule has 0 aliphatic carbocycles. The van der Waals surface area contributed by atoms with Crippen LogP contribution >= 0.6 is 0 Å². The molecule has 0 amide bonds. The summed E-state index contributed by atoms with van der Waals surface area (Å²) in [5.74, 6) is 0.829. The maximum absolute atomic E-state index is 5.01. The zero-order chi connectivity index (χ0) is 15.3. The van der Waals surface area contributed by atoms with Gasteiger partial charge in [0.25, 0.3) is 0 Å². The van der Waals surface area contributed by atoms with E-state index in [2.05, 4.69) is 57.8 Å². The quantitative estimate of drug-likeness (QED) is 0.413. The van der Waals surface area contributed by atoms with Crippen molar-refractivity contribution in [2.24, 2.45) is 4.99 Å². The van der Waals surface area contributed by atoms with E-state index in [1.54, 1.807) is 14.2 Å². The second-order valence-electron chi connectivity index (χ2n) is 4.69. The Balaban J connectivity index is 2.25. The van der Waals surface area contributed by atoms with Crippen LogP contribution in [0.1, 0.15) is 13.3 Å². The summed E-state index contributed by atoms with van der Waals surface area (Å²) in [6.07, 6.45) is 1.06. The molecule has 0 radical (unpaired) electrons. The molecule has 0 aromatic heterocycles. The highest BCUT2D eigenvalue weighted by atomic mass is 16.5. The Morgan fingerprint density at radius 3 is 2.52 bits per heavy atom. The molecule has 0 bridgehead atoms. The highest BCUT2D eigenvalue weighted by molar-refractivity contribution is 5.79. The summed E-state index contributed by atoms with van der Waals surface area (Å²) in [6, 6.07) is 10.5. The van der Waals surface area contributed by atoms with E-state index in [4.69, 9.17) is 4.74 Å². The van der Waals surface area contributed by atoms with Crippen LogP contribution in [0.25, 0.3) is 0 Å². The number of anilines is 1. The molecule has 0 fully saturated rings. The van der Waals surface area contributed by atoms with Crippen molar-refractivity contribution in [3.63, 3.8) is 0 Å². The highest BCUT2D eigenvalue weighted by Crippen LogP contribution is 2.12. The van der Waals surface area contributed by atoms with Gasteiger partial charge in [0.2, 0.25) is 0 Å². The zero-order valence-electron chi connectivity index (χ0n) is 13.4. The number of benzene rings is 1. The number of guanidine groups is 1. The number of methoxy groups -OCH3 is 1. The monoisotopic (exact) mass is 292 g/mol. The maximum atomic E-state index is 5.01. The van der Waals surface area contributed by atoms with Crippen molar-refractivity contribution in [3.05, 3.63) is 30.3 Å². The number of hydrogen-bond donors (Lipinski definition) is 2. The average Bonchev–Trinajstić information content (AvgIpc) is 2.54. The minimum atomic E-state index is 0.679. The molecule has 0 saturated carbocycles. The van der Waals surface area contributed by atoms with E-state index in [9.17, 15) is 0 Å². The minimum Gasteiger partial charge on any atom is -0.383 e. The molecule has 1 aromatic carbocycles. The van der Waals surface area contributed by atoms with Crippen molar-refractivity contribution >= 4 is 11.6 Å². The summed E-state index contributed by atoms with van der Waals surface area (Å²) in [5, 5.41) is 6.52. The maximum Gasteiger partial charge on any atom is 0.191 e. The van der Waals surface area contributed by atoms with Crippen LogP contribution in [0, 0.1) is 0 Å². The first-order chi connectivity index (χ1) is 10.3. The molecule has 5 heteroatoms. The number of ether oxygens (including phenoxy) is 1. The van der Waals surface area contributed by atoms with Crippen LogP contribution in [0.4, 0.5) is 5.69 Å². The third-order valence-electron chi connectivity index (χ3n) is 3.22. The van der Waals surface area contributed by atoms with Crippen LogP contribution in [-0.2, 0) is 4.74 Å². The molecule has 0 aliphatic heterocycles. The topological polar surface area (TPSA) is 48.9 Å². The first-order valence-corrected chi connectivity index (χ1v) is 7.55. The average molecular weight is 292 g/mol. The second-order valence-corrected chi connectivity index (χ2v) is 4.69. The Bertz CT molecular complexity index is 395. The molecule has 1 rings (SSSR count). The van der Waals surface area contributed by atoms with Crippen molar-refractivity contribution in [3.8, 4) is 0 Å². The van der Waals surface area contributed by atoms with Gasteiger partial charge in [0, 0.05) is 46.0 Å². The molecule has 0 atom stereocenters. The first kappa shape index (κ1) is 17.3. The standard InChI is InChI=1S/C16H28N4O/c1-4-20(15-9-6-5-7-10-15)13-8-11-18-16(17-2)19-12-14-21-3/h5-7,9-10H,4,8,11-14H2,1-3H3,(H2,17,18,19). The Morgan fingerprint density at radius 2 is 1.90 bits per heavy atom. The predicted octanol–water partition coefficient (Wildman–Crippen LogP) is 1.71. The van der Waals surface area contributed by atoms with Gasteiger partial charge >= 0.3 is 0 Å². The first-order valence-electron chi connectivity index (χ1n) is 7.55. The number of para-hydroxylation sites is 1. The number of rotatable bonds is 9. The van der Waals surface area contributed by atoms with Crippen molar-refractivity contribution in [2.45, 2.75) is 13.3 Å². The number of hydrogen-bond acceptors (Lipinski definition) is 3. The summed E-state index contributed by atoms with van der Waals surface area (Å²) in [6.45, 7) is 6.58. The van der Waals surface area contributed by atoms with E-state index in [0.29, 0.717) is 6.61 Å². The fraction of sp³-hybridized carbons (Fsp3) is 0.562. The Labute approximate surface area is 128 Å². The Kier molecular flexibility index (Phi) is 9.04. The lowest BCUT2D eigenvalue weighted by Gasteiger charge is -2.23. The third kappa shape index (κ3) is 6.99. The van der Waals surface area contributed by atoms with Crippen molar-refractivity contribution in [1.29, 1.82) is 0 Å². The van der Waals surface area contributed by atoms with Gasteiger partial charge in [0.05, 0.1) is 6.61 Å². The molecular weight excluding hydrogens is 264 g/mol. The van der Waals surface area contributed by atoms with E-state index >= 15 is 0 Å². The van der Waals surface area contributed by atoms with Gasteiger partial charge in [-0.15, -0.1) is 0 Å². The number of nitrogens with zero attached hydrogens (tertiary/aromatic N) is 2. The fourth-order valence-corrected chi connectivity index (χ4v) is 2.08. The highest BCUT2D eigenvalue weighted by Gasteiger charge is 2.03. The van der Waals surface area contributed by atoms with Crippen LogP contribution in [0.3, 0.4) is 0 Å². The summed E-state index contributed by atoms with van der Waals surface area (Å²) in [4.78, 5) is 6.56. The number of aliphatic imine (C=N–C) groups is 1. The SMILES string of the molecule is CCN(CCCNC(=NC)NCCOC)c1ccccc1. The van der Waals surface area contributed by atoms with Crippen LogP contribution in [0.15, 0.2) is 35.3 Å². The van der Waals surface area contributed by atoms with Gasteiger partial charge in [-0.1, -0.05) is 18.2 Å². The molecule has 0 spiro atoms. The Hall–Kier alpha value is -1.75. The summed E-state index contributed by atoms with van der Waals surface area (Å²) in [7, 11) is 3.48. The van der Waals surface area contributed by atoms with Crippen molar-refractivity contribution in [1.82, 2.24) is 10.6 Å². The largest absolute Gasteiger partial charge is 0.383 e. The molecule has 0 unspecified atom stereocenters. The van der Waals surface area contributed by atoms with Gasteiger partial charge in [-0.3, -0.25) is 4.99 Å². The van der Waals surface area contributed by atoms with Crippen LogP contribution < -0.4 is 15.5 Å². The molecule has 5 nitrogen and oxygen atoms in total. The van der Waals surface area contributed by atoms with Crippen LogP contribution in [-0.4, -0.2) is 52.9 Å². The zero-order valence-corrected chi connectivity index (χ0v) is 13.4. The molecule has 0 heterocycles. The molecule has 21 heavy (non-hydrogen) atoms. The van der Waals surface area contributed by atoms with Gasteiger partial charge in [-0.05, 0) is 25.5 Å². The molecule has 118 valence electrons. The van der Waals surface area contributed by atoms with Crippen LogP contribution in [0.2, 0.25) is 0 Å². The molecular formula is C16H28N4O. The van der Waals surface area contributed by atoms with Crippen LogP contribution in [0.5, 0.6) is 0 Å². The third-order valence-corrected chi connectivity index (χ3v) is 3.22. The fourth-order valence-electron chi connectivity index (χ4n) is 2.08. The normalized spacial score (nSPS) is 11.3. The van der Waals surface area contributed by atoms with E-state index in [-0.39, 0.29) is 0 Å². The van der Waals surface area contributed by atoms with Gasteiger partial charge in [-0.2, -0.15) is 0 Å². The predicted molar refractivity (Wildman–Crippen MR) is 90.2 cm³/mol. The van der Waals surface area contributed by atoms with E-state index in [1.165, 1.54) is 5.69 Å². The van der Waals surface area contributed by atoms with E-state index in [0.717, 1.165) is 38.6 Å². The van der Waals surface area contributed by atoms with Gasteiger partial charge < -0.3 is 20.3 Å². The molecule has 1 aromatic rings. The lowest BCUT2D eigenvalue weighted by Crippen LogP contribution is -2.40. The lowest BCUT2D eigenvalue weighted by atomic mass is 10.2. The summed E-state index contributed by atoms with van der Waals surface area (Å²) >= 11 is 0. The smallest absolute Gasteiger partial charge is 0.191 e. The summed E-state index contributed by atoms with van der Waals surface area (Å²) in [5.41, 5.74) is 1.28. The van der Waals surface area contributed by atoms with E-state index in [1.807, 2.05) is 0 Å². The van der Waals surface area contributed by atoms with Crippen molar-refractivity contribution in [2.75, 3.05) is 51.8 Å². The van der Waals surface area contributed by atoms with Crippen molar-refractivity contribution < 1.29 is 4.74 Å². The van der Waals surface area contributed by atoms with E-state index < -0.39 is 0 Å². The molecule has 0 saturated heterocycles. The van der Waals surface area contributed by atoms with Gasteiger partial charge in [0.15, 0.2) is 5.96 Å². The lowest BCUT2D eigenvalue weighted by molar-refractivity contribution is 0.203. The minimum absolute atomic E-state index is 0.679. The Morgan fingerprint density at radius 1 is 1.19 bits per heavy atom. The van der Waals surface area contributed by atoms with Gasteiger partial charge in [-0.25, -0.2) is 0 Å². The molecule has 0 aliphatic rings.